The van der Waals surface area contributed by atoms with E-state index in [1.807, 2.05) is 0 Å². The third-order valence-electron chi connectivity index (χ3n) is 2.00. The van der Waals surface area contributed by atoms with E-state index < -0.39 is 22.2 Å². The van der Waals surface area contributed by atoms with Crippen molar-refractivity contribution in [2.75, 3.05) is 13.7 Å². The molecule has 13 heavy (non-hydrogen) atoms. The van der Waals surface area contributed by atoms with Crippen molar-refractivity contribution in [1.29, 1.82) is 0 Å². The van der Waals surface area contributed by atoms with Crippen LogP contribution < -0.4 is 5.14 Å². The highest BCUT2D eigenvalue weighted by atomic mass is 32.2. The number of methoxy groups -OCH3 is 1. The Kier molecular flexibility index (Phi) is 2.89. The van der Waals surface area contributed by atoms with Gasteiger partial charge in [0, 0.05) is 6.54 Å². The molecule has 1 unspecified atom stereocenters. The Morgan fingerprint density at radius 2 is 2.23 bits per heavy atom. The van der Waals surface area contributed by atoms with E-state index in [2.05, 4.69) is 4.74 Å². The number of nitrogens with zero attached hydrogens (tertiary/aromatic N) is 1. The number of rotatable bonds is 2. The van der Waals surface area contributed by atoms with Crippen LogP contribution in [0, 0.1) is 0 Å². The highest BCUT2D eigenvalue weighted by Crippen LogP contribution is 2.19. The Hall–Kier alpha value is -0.660. The summed E-state index contributed by atoms with van der Waals surface area (Å²) in [5.74, 6) is -0.550. The molecule has 1 aliphatic heterocycles. The largest absolute Gasteiger partial charge is 0.468 e. The fourth-order valence-electron chi connectivity index (χ4n) is 1.42. The summed E-state index contributed by atoms with van der Waals surface area (Å²) in [6.45, 7) is 0.290. The van der Waals surface area contributed by atoms with Crippen molar-refractivity contribution in [2.24, 2.45) is 5.14 Å². The van der Waals surface area contributed by atoms with Gasteiger partial charge in [0.2, 0.25) is 0 Å². The van der Waals surface area contributed by atoms with Crippen molar-refractivity contribution in [3.05, 3.63) is 0 Å². The summed E-state index contributed by atoms with van der Waals surface area (Å²) in [5.41, 5.74) is 0. The standard InChI is InChI=1S/C6H12N2O4S/c1-12-6(9)5-3-2-4-8(5)13(7,10)11/h5H,2-4H2,1H3,(H2,7,10,11). The van der Waals surface area contributed by atoms with Gasteiger partial charge in [0.05, 0.1) is 7.11 Å². The van der Waals surface area contributed by atoms with Gasteiger partial charge in [-0.05, 0) is 12.8 Å². The second-order valence-corrected chi connectivity index (χ2v) is 4.34. The number of hydrogen-bond donors (Lipinski definition) is 1. The fourth-order valence-corrected chi connectivity index (χ4v) is 2.35. The van der Waals surface area contributed by atoms with Crippen LogP contribution in [-0.2, 0) is 19.7 Å². The van der Waals surface area contributed by atoms with Gasteiger partial charge in [0.25, 0.3) is 10.2 Å². The predicted octanol–water partition coefficient (Wildman–Crippen LogP) is -1.17. The summed E-state index contributed by atoms with van der Waals surface area (Å²) in [7, 11) is -2.55. The maximum atomic E-state index is 11.1. The molecule has 0 aromatic rings. The molecule has 1 atom stereocenters. The second kappa shape index (κ2) is 3.60. The molecule has 1 heterocycles. The van der Waals surface area contributed by atoms with Crippen LogP contribution in [0.15, 0.2) is 0 Å². The van der Waals surface area contributed by atoms with E-state index >= 15 is 0 Å². The fraction of sp³-hybridized carbons (Fsp3) is 0.833. The minimum Gasteiger partial charge on any atom is -0.468 e. The Bertz CT molecular complexity index is 300. The molecular weight excluding hydrogens is 196 g/mol. The lowest BCUT2D eigenvalue weighted by Gasteiger charge is -2.18. The molecule has 0 amide bonds. The zero-order valence-electron chi connectivity index (χ0n) is 7.26. The number of nitrogens with two attached hydrogens (primary N) is 1. The zero-order chi connectivity index (χ0) is 10.1. The summed E-state index contributed by atoms with van der Waals surface area (Å²) in [4.78, 5) is 11.1. The van der Waals surface area contributed by atoms with Crippen LogP contribution in [0.3, 0.4) is 0 Å². The van der Waals surface area contributed by atoms with Gasteiger partial charge in [-0.1, -0.05) is 0 Å². The SMILES string of the molecule is COC(=O)C1CCCN1S(N)(=O)=O. The average Bonchev–Trinajstić information content (AvgIpc) is 2.49. The second-order valence-electron chi connectivity index (χ2n) is 2.84. The molecule has 1 rings (SSSR count). The van der Waals surface area contributed by atoms with Crippen LogP contribution in [0.1, 0.15) is 12.8 Å². The van der Waals surface area contributed by atoms with Crippen LogP contribution in [-0.4, -0.2) is 38.4 Å². The van der Waals surface area contributed by atoms with Crippen LogP contribution >= 0.6 is 0 Å². The summed E-state index contributed by atoms with van der Waals surface area (Å²) < 4.78 is 27.4. The summed E-state index contributed by atoms with van der Waals surface area (Å²) in [5, 5.41) is 4.91. The first-order valence-electron chi connectivity index (χ1n) is 3.84. The van der Waals surface area contributed by atoms with Crippen molar-refractivity contribution in [2.45, 2.75) is 18.9 Å². The van der Waals surface area contributed by atoms with E-state index in [1.165, 1.54) is 7.11 Å². The molecule has 0 bridgehead atoms. The van der Waals surface area contributed by atoms with Crippen molar-refractivity contribution < 1.29 is 17.9 Å². The smallest absolute Gasteiger partial charge is 0.324 e. The molecule has 0 saturated carbocycles. The van der Waals surface area contributed by atoms with Crippen LogP contribution in [0.5, 0.6) is 0 Å². The van der Waals surface area contributed by atoms with Crippen molar-refractivity contribution >= 4 is 16.2 Å². The van der Waals surface area contributed by atoms with E-state index in [0.717, 1.165) is 4.31 Å². The molecule has 1 aliphatic rings. The molecule has 7 heteroatoms. The topological polar surface area (TPSA) is 89.7 Å². The quantitative estimate of drug-likeness (QED) is 0.579. The number of carbonyl (C=O) groups excluding carboxylic acids is 1. The highest BCUT2D eigenvalue weighted by Gasteiger charge is 2.37. The van der Waals surface area contributed by atoms with Crippen molar-refractivity contribution in [3.8, 4) is 0 Å². The third kappa shape index (κ3) is 2.17. The van der Waals surface area contributed by atoms with Crippen molar-refractivity contribution in [1.82, 2.24) is 4.31 Å². The summed E-state index contributed by atoms with van der Waals surface area (Å²) in [6, 6.07) is -0.736. The van der Waals surface area contributed by atoms with Gasteiger partial charge >= 0.3 is 5.97 Å². The average molecular weight is 208 g/mol. The molecule has 2 N–H and O–H groups in total. The predicted molar refractivity (Wildman–Crippen MR) is 44.9 cm³/mol. The van der Waals surface area contributed by atoms with Gasteiger partial charge in [0.15, 0.2) is 0 Å². The number of ether oxygens (including phenoxy) is 1. The molecular formula is C6H12N2O4S. The Morgan fingerprint density at radius 1 is 1.62 bits per heavy atom. The molecule has 76 valence electrons. The molecule has 0 radical (unpaired) electrons. The van der Waals surface area contributed by atoms with E-state index in [4.69, 9.17) is 5.14 Å². The Morgan fingerprint density at radius 3 is 2.69 bits per heavy atom. The van der Waals surface area contributed by atoms with Gasteiger partial charge in [-0.2, -0.15) is 12.7 Å². The number of esters is 1. The number of carbonyl (C=O) groups is 1. The summed E-state index contributed by atoms with van der Waals surface area (Å²) >= 11 is 0. The zero-order valence-corrected chi connectivity index (χ0v) is 8.08. The molecule has 0 spiro atoms. The van der Waals surface area contributed by atoms with Crippen molar-refractivity contribution in [3.63, 3.8) is 0 Å². The maximum Gasteiger partial charge on any atom is 0.324 e. The van der Waals surface area contributed by atoms with E-state index in [1.54, 1.807) is 0 Å². The lowest BCUT2D eigenvalue weighted by Crippen LogP contribution is -2.44. The van der Waals surface area contributed by atoms with E-state index in [0.29, 0.717) is 19.4 Å². The third-order valence-corrected chi connectivity index (χ3v) is 3.09. The van der Waals surface area contributed by atoms with Crippen LogP contribution in [0.25, 0.3) is 0 Å². The van der Waals surface area contributed by atoms with Gasteiger partial charge in [0.1, 0.15) is 6.04 Å². The van der Waals surface area contributed by atoms with Gasteiger partial charge in [-0.3, -0.25) is 4.79 Å². The normalized spacial score (nSPS) is 24.6. The monoisotopic (exact) mass is 208 g/mol. The minimum atomic E-state index is -3.77. The minimum absolute atomic E-state index is 0.290. The lowest BCUT2D eigenvalue weighted by atomic mass is 10.2. The van der Waals surface area contributed by atoms with Crippen LogP contribution in [0.2, 0.25) is 0 Å². The first-order chi connectivity index (χ1) is 5.96. The maximum absolute atomic E-state index is 11.1. The molecule has 6 nitrogen and oxygen atoms in total. The summed E-state index contributed by atoms with van der Waals surface area (Å²) in [6.07, 6.45) is 1.11. The molecule has 0 aliphatic carbocycles. The number of hydrogen-bond acceptors (Lipinski definition) is 4. The molecule has 1 saturated heterocycles. The molecule has 0 aromatic heterocycles. The van der Waals surface area contributed by atoms with Gasteiger partial charge in [-0.15, -0.1) is 0 Å². The first-order valence-corrected chi connectivity index (χ1v) is 5.34. The van der Waals surface area contributed by atoms with E-state index in [-0.39, 0.29) is 0 Å². The lowest BCUT2D eigenvalue weighted by molar-refractivity contribution is -0.144. The first kappa shape index (κ1) is 10.4. The van der Waals surface area contributed by atoms with Gasteiger partial charge < -0.3 is 4.74 Å². The highest BCUT2D eigenvalue weighted by molar-refractivity contribution is 7.86. The van der Waals surface area contributed by atoms with Gasteiger partial charge in [-0.25, -0.2) is 5.14 Å². The Labute approximate surface area is 76.8 Å². The van der Waals surface area contributed by atoms with E-state index in [9.17, 15) is 13.2 Å². The molecule has 0 aromatic carbocycles. The van der Waals surface area contributed by atoms with Crippen LogP contribution in [0.4, 0.5) is 0 Å². The molecule has 1 fully saturated rings. The Balaban J connectivity index is 2.82.